The van der Waals surface area contributed by atoms with Gasteiger partial charge in [-0.25, -0.2) is 9.59 Å². The third kappa shape index (κ3) is 10.7. The van der Waals surface area contributed by atoms with Gasteiger partial charge in [0.05, 0.1) is 11.4 Å². The number of alkyl carbamates (subject to hydrolysis) is 1. The number of nitrogens with one attached hydrogen (secondary N) is 3. The molecule has 1 aromatic carbocycles. The average molecular weight is 529 g/mol. The second-order valence-corrected chi connectivity index (χ2v) is 11.2. The first-order valence-corrected chi connectivity index (χ1v) is 12.4. The molecule has 198 valence electrons. The first-order valence-electron chi connectivity index (χ1n) is 11.5. The summed E-state index contributed by atoms with van der Waals surface area (Å²) in [5.41, 5.74) is -0.273. The van der Waals surface area contributed by atoms with E-state index in [-0.39, 0.29) is 13.0 Å². The Morgan fingerprint density at radius 1 is 0.946 bits per heavy atom. The number of nitriles is 1. The summed E-state index contributed by atoms with van der Waals surface area (Å²) in [7, 11) is 0. The van der Waals surface area contributed by atoms with Gasteiger partial charge < -0.3 is 25.4 Å². The molecule has 0 spiro atoms. The van der Waals surface area contributed by atoms with Crippen molar-refractivity contribution in [2.45, 2.75) is 65.2 Å². The number of hydrogen-bond donors (Lipinski definition) is 3. The Morgan fingerprint density at radius 2 is 1.57 bits per heavy atom. The summed E-state index contributed by atoms with van der Waals surface area (Å²) < 4.78 is 10.7. The Hall–Kier alpha value is -3.91. The highest BCUT2D eigenvalue weighted by atomic mass is 32.1. The molecule has 3 N–H and O–H groups in total. The lowest BCUT2D eigenvalue weighted by molar-refractivity contribution is -0.157. The molecule has 0 aliphatic heterocycles. The first kappa shape index (κ1) is 29.3. The van der Waals surface area contributed by atoms with Crippen LogP contribution in [0.4, 0.5) is 10.5 Å². The third-order valence-corrected chi connectivity index (χ3v) is 5.40. The van der Waals surface area contributed by atoms with Crippen molar-refractivity contribution < 1.29 is 28.7 Å². The predicted octanol–water partition coefficient (Wildman–Crippen LogP) is 3.77. The number of esters is 1. The molecular weight excluding hydrogens is 496 g/mol. The van der Waals surface area contributed by atoms with Crippen molar-refractivity contribution in [1.82, 2.24) is 10.6 Å². The van der Waals surface area contributed by atoms with Crippen molar-refractivity contribution in [1.29, 1.82) is 5.26 Å². The molecule has 10 nitrogen and oxygen atoms in total. The van der Waals surface area contributed by atoms with Gasteiger partial charge in [-0.1, -0.05) is 12.1 Å². The van der Waals surface area contributed by atoms with Gasteiger partial charge in [-0.05, 0) is 71.4 Å². The number of amides is 3. The summed E-state index contributed by atoms with van der Waals surface area (Å²) in [4.78, 5) is 50.1. The second-order valence-electron chi connectivity index (χ2n) is 10.1. The van der Waals surface area contributed by atoms with Gasteiger partial charge in [0.15, 0.2) is 0 Å². The van der Waals surface area contributed by atoms with Crippen LogP contribution in [0, 0.1) is 11.3 Å². The lowest BCUT2D eigenvalue weighted by atomic mass is 10.0. The van der Waals surface area contributed by atoms with Crippen molar-refractivity contribution in [3.05, 3.63) is 51.7 Å². The van der Waals surface area contributed by atoms with Crippen molar-refractivity contribution in [3.8, 4) is 6.07 Å². The number of thiophene rings is 1. The molecule has 0 bridgehead atoms. The fourth-order valence-corrected chi connectivity index (χ4v) is 3.67. The van der Waals surface area contributed by atoms with Crippen LogP contribution in [0.25, 0.3) is 0 Å². The van der Waals surface area contributed by atoms with Gasteiger partial charge in [0.2, 0.25) is 5.91 Å². The predicted molar refractivity (Wildman–Crippen MR) is 139 cm³/mol. The number of carbonyl (C=O) groups is 4. The van der Waals surface area contributed by atoms with Gasteiger partial charge in [-0.3, -0.25) is 9.59 Å². The molecule has 0 radical (unpaired) electrons. The second kappa shape index (κ2) is 12.4. The molecule has 0 unspecified atom stereocenters. The molecule has 2 rings (SSSR count). The number of nitrogens with zero attached hydrogens (tertiary/aromatic N) is 1. The molecular formula is C26H32N4O6S. The highest BCUT2D eigenvalue weighted by molar-refractivity contribution is 7.14. The lowest BCUT2D eigenvalue weighted by Crippen LogP contribution is -2.47. The summed E-state index contributed by atoms with van der Waals surface area (Å²) in [5.74, 6) is -1.47. The number of rotatable bonds is 8. The Balaban J connectivity index is 1.97. The maximum Gasteiger partial charge on any atom is 0.408 e. The molecule has 1 aromatic heterocycles. The monoisotopic (exact) mass is 528 g/mol. The molecule has 3 amide bonds. The molecule has 1 atom stereocenters. The normalized spacial score (nSPS) is 12.0. The Kier molecular flexibility index (Phi) is 9.80. The Morgan fingerprint density at radius 3 is 2.11 bits per heavy atom. The molecule has 0 saturated heterocycles. The number of ether oxygens (including phenoxy) is 2. The van der Waals surface area contributed by atoms with E-state index in [2.05, 4.69) is 16.0 Å². The molecule has 11 heteroatoms. The maximum atomic E-state index is 12.7. The van der Waals surface area contributed by atoms with E-state index in [1.807, 2.05) is 6.07 Å². The van der Waals surface area contributed by atoms with E-state index in [1.165, 1.54) is 12.1 Å². The quantitative estimate of drug-likeness (QED) is 0.442. The van der Waals surface area contributed by atoms with Crippen LogP contribution >= 0.6 is 11.3 Å². The number of benzene rings is 1. The number of carbonyl (C=O) groups excluding carboxylic acids is 4. The third-order valence-electron chi connectivity index (χ3n) is 4.41. The van der Waals surface area contributed by atoms with E-state index in [9.17, 15) is 19.2 Å². The van der Waals surface area contributed by atoms with Crippen LogP contribution in [0.3, 0.4) is 0 Å². The zero-order chi connectivity index (χ0) is 27.8. The van der Waals surface area contributed by atoms with E-state index in [0.717, 1.165) is 11.3 Å². The Labute approximate surface area is 220 Å². The molecule has 0 fully saturated rings. The summed E-state index contributed by atoms with van der Waals surface area (Å²) in [6.45, 7) is 10.1. The van der Waals surface area contributed by atoms with Crippen molar-refractivity contribution in [3.63, 3.8) is 0 Å². The maximum absolute atomic E-state index is 12.7. The highest BCUT2D eigenvalue weighted by Gasteiger charge is 2.29. The van der Waals surface area contributed by atoms with Gasteiger partial charge in [-0.15, -0.1) is 11.3 Å². The van der Waals surface area contributed by atoms with E-state index in [0.29, 0.717) is 21.0 Å². The summed E-state index contributed by atoms with van der Waals surface area (Å²) in [6, 6.07) is 10.7. The molecule has 0 aliphatic carbocycles. The van der Waals surface area contributed by atoms with E-state index in [4.69, 9.17) is 14.7 Å². The van der Waals surface area contributed by atoms with Crippen molar-refractivity contribution in [2.75, 3.05) is 11.9 Å². The van der Waals surface area contributed by atoms with Gasteiger partial charge in [0.25, 0.3) is 5.91 Å². The topological polar surface area (TPSA) is 147 Å². The summed E-state index contributed by atoms with van der Waals surface area (Å²) in [6.07, 6.45) is -0.593. The lowest BCUT2D eigenvalue weighted by Gasteiger charge is -2.26. The van der Waals surface area contributed by atoms with Crippen LogP contribution in [0.1, 0.15) is 61.7 Å². The molecule has 2 aromatic rings. The first-order chi connectivity index (χ1) is 17.1. The van der Waals surface area contributed by atoms with Gasteiger partial charge in [-0.2, -0.15) is 5.26 Å². The van der Waals surface area contributed by atoms with Crippen molar-refractivity contribution in [2.24, 2.45) is 0 Å². The van der Waals surface area contributed by atoms with Crippen LogP contribution in [0.2, 0.25) is 0 Å². The van der Waals surface area contributed by atoms with E-state index < -0.39 is 41.1 Å². The minimum atomic E-state index is -0.983. The standard InChI is InChI=1S/C26H32N4O6S/c1-25(2,3)35-23(33)19(30-24(34)36-26(4,5)6)13-16-7-9-17(10-8-16)29-21(31)15-28-22(32)20-12-11-18(14-27)37-20/h7-12,19H,13,15H2,1-6H3,(H,28,32)(H,29,31)(H,30,34)/t19-/m0/s1. The summed E-state index contributed by atoms with van der Waals surface area (Å²) >= 11 is 1.04. The SMILES string of the molecule is CC(C)(C)OC(=O)N[C@@H](Cc1ccc(NC(=O)CNC(=O)c2ccc(C#N)s2)cc1)C(=O)OC(C)(C)C. The van der Waals surface area contributed by atoms with Crippen LogP contribution in [-0.4, -0.2) is 47.7 Å². The fraction of sp³-hybridized carbons (Fsp3) is 0.423. The smallest absolute Gasteiger partial charge is 0.408 e. The van der Waals surface area contributed by atoms with Crippen molar-refractivity contribution >= 4 is 40.9 Å². The zero-order valence-corrected chi connectivity index (χ0v) is 22.6. The number of hydrogen-bond acceptors (Lipinski definition) is 8. The van der Waals surface area contributed by atoms with E-state index in [1.54, 1.807) is 65.8 Å². The molecule has 0 aliphatic rings. The Bertz CT molecular complexity index is 1170. The van der Waals surface area contributed by atoms with Gasteiger partial charge in [0, 0.05) is 12.1 Å². The number of anilines is 1. The van der Waals surface area contributed by atoms with Gasteiger partial charge >= 0.3 is 12.1 Å². The van der Waals surface area contributed by atoms with Crippen LogP contribution in [0.15, 0.2) is 36.4 Å². The van der Waals surface area contributed by atoms with E-state index >= 15 is 0 Å². The molecule has 1 heterocycles. The minimum absolute atomic E-state index is 0.143. The average Bonchev–Trinajstić information content (AvgIpc) is 3.25. The van der Waals surface area contributed by atoms with Crippen LogP contribution in [0.5, 0.6) is 0 Å². The molecule has 37 heavy (non-hydrogen) atoms. The largest absolute Gasteiger partial charge is 0.458 e. The summed E-state index contributed by atoms with van der Waals surface area (Å²) in [5, 5.41) is 16.6. The van der Waals surface area contributed by atoms with Crippen LogP contribution in [-0.2, 0) is 25.5 Å². The van der Waals surface area contributed by atoms with Gasteiger partial charge in [0.1, 0.15) is 28.2 Å². The minimum Gasteiger partial charge on any atom is -0.458 e. The zero-order valence-electron chi connectivity index (χ0n) is 21.8. The fourth-order valence-electron chi connectivity index (χ4n) is 2.95. The van der Waals surface area contributed by atoms with Crippen LogP contribution < -0.4 is 16.0 Å². The molecule has 0 saturated carbocycles. The highest BCUT2D eigenvalue weighted by Crippen LogP contribution is 2.16.